The molecular formula is C17H25N3O. The van der Waals surface area contributed by atoms with Gasteiger partial charge >= 0.3 is 0 Å². The molecular weight excluding hydrogens is 262 g/mol. The number of rotatable bonds is 6. The van der Waals surface area contributed by atoms with Crippen LogP contribution in [0.5, 0.6) is 0 Å². The molecule has 21 heavy (non-hydrogen) atoms. The van der Waals surface area contributed by atoms with Gasteiger partial charge in [-0.3, -0.25) is 4.98 Å². The van der Waals surface area contributed by atoms with Crippen molar-refractivity contribution < 1.29 is 5.11 Å². The summed E-state index contributed by atoms with van der Waals surface area (Å²) in [5.74, 6) is 0. The van der Waals surface area contributed by atoms with Crippen LogP contribution in [0.4, 0.5) is 11.4 Å². The summed E-state index contributed by atoms with van der Waals surface area (Å²) < 4.78 is 0. The molecule has 0 radical (unpaired) electrons. The number of aryl methyl sites for hydroxylation is 1. The molecule has 4 N–H and O–H groups in total. The van der Waals surface area contributed by atoms with Crippen molar-refractivity contribution in [3.63, 3.8) is 0 Å². The highest BCUT2D eigenvalue weighted by Gasteiger charge is 2.17. The van der Waals surface area contributed by atoms with Crippen LogP contribution in [0.25, 0.3) is 10.9 Å². The minimum Gasteiger partial charge on any atom is -0.399 e. The Morgan fingerprint density at radius 1 is 1.29 bits per heavy atom. The topological polar surface area (TPSA) is 71.2 Å². The number of nitrogen functional groups attached to an aromatic ring is 1. The van der Waals surface area contributed by atoms with E-state index in [1.807, 2.05) is 25.1 Å². The monoisotopic (exact) mass is 287 g/mol. The second-order valence-corrected chi connectivity index (χ2v) is 6.43. The van der Waals surface area contributed by atoms with Crippen molar-refractivity contribution in [1.29, 1.82) is 0 Å². The van der Waals surface area contributed by atoms with Crippen molar-refractivity contribution in [2.75, 3.05) is 24.2 Å². The first-order valence-electron chi connectivity index (χ1n) is 7.43. The largest absolute Gasteiger partial charge is 0.399 e. The molecule has 4 heteroatoms. The molecule has 1 aromatic heterocycles. The van der Waals surface area contributed by atoms with E-state index in [9.17, 15) is 0 Å². The van der Waals surface area contributed by atoms with E-state index < -0.39 is 0 Å². The van der Waals surface area contributed by atoms with Crippen LogP contribution >= 0.6 is 0 Å². The number of hydrogen-bond donors (Lipinski definition) is 3. The summed E-state index contributed by atoms with van der Waals surface area (Å²) in [6.07, 6.45) is 1.82. The number of aromatic nitrogens is 1. The number of nitrogens with zero attached hydrogens (tertiary/aromatic N) is 1. The van der Waals surface area contributed by atoms with E-state index in [0.717, 1.165) is 47.4 Å². The predicted molar refractivity (Wildman–Crippen MR) is 89.5 cm³/mol. The van der Waals surface area contributed by atoms with Crippen molar-refractivity contribution in [2.24, 2.45) is 5.41 Å². The van der Waals surface area contributed by atoms with Gasteiger partial charge < -0.3 is 16.2 Å². The number of anilines is 2. The first kappa shape index (κ1) is 15.6. The van der Waals surface area contributed by atoms with Crippen molar-refractivity contribution in [3.8, 4) is 0 Å². The molecule has 2 aromatic rings. The lowest BCUT2D eigenvalue weighted by molar-refractivity contribution is 0.248. The van der Waals surface area contributed by atoms with E-state index in [0.29, 0.717) is 0 Å². The summed E-state index contributed by atoms with van der Waals surface area (Å²) in [5, 5.41) is 13.6. The Labute approximate surface area is 126 Å². The van der Waals surface area contributed by atoms with Crippen molar-refractivity contribution >= 4 is 22.3 Å². The molecule has 0 aliphatic heterocycles. The highest BCUT2D eigenvalue weighted by atomic mass is 16.2. The van der Waals surface area contributed by atoms with Crippen LogP contribution in [0.2, 0.25) is 0 Å². The Bertz CT molecular complexity index is 623. The summed E-state index contributed by atoms with van der Waals surface area (Å²) in [5.41, 5.74) is 9.79. The molecule has 0 aliphatic rings. The van der Waals surface area contributed by atoms with Crippen molar-refractivity contribution in [2.45, 2.75) is 33.6 Å². The minimum absolute atomic E-state index is 0.132. The van der Waals surface area contributed by atoms with Crippen molar-refractivity contribution in [3.05, 3.63) is 30.0 Å². The number of pyridine rings is 1. The van der Waals surface area contributed by atoms with E-state index in [1.165, 1.54) is 0 Å². The van der Waals surface area contributed by atoms with Gasteiger partial charge in [0.15, 0.2) is 0 Å². The van der Waals surface area contributed by atoms with Gasteiger partial charge in [0.1, 0.15) is 0 Å². The summed E-state index contributed by atoms with van der Waals surface area (Å²) in [6, 6.07) is 7.86. The van der Waals surface area contributed by atoms with Gasteiger partial charge in [-0.15, -0.1) is 0 Å². The zero-order chi connectivity index (χ0) is 15.5. The zero-order valence-electron chi connectivity index (χ0n) is 13.1. The smallest absolute Gasteiger partial charge is 0.0727 e. The molecule has 1 aromatic carbocycles. The van der Waals surface area contributed by atoms with Crippen LogP contribution in [-0.2, 0) is 0 Å². The Kier molecular flexibility index (Phi) is 4.68. The molecule has 0 saturated carbocycles. The van der Waals surface area contributed by atoms with E-state index in [-0.39, 0.29) is 12.0 Å². The number of benzene rings is 1. The van der Waals surface area contributed by atoms with Crippen LogP contribution in [0.15, 0.2) is 24.3 Å². The van der Waals surface area contributed by atoms with Gasteiger partial charge in [0, 0.05) is 35.6 Å². The van der Waals surface area contributed by atoms with Crippen molar-refractivity contribution in [1.82, 2.24) is 4.98 Å². The Morgan fingerprint density at radius 2 is 2.05 bits per heavy atom. The summed E-state index contributed by atoms with van der Waals surface area (Å²) in [6.45, 7) is 7.51. The fraction of sp³-hybridized carbons (Fsp3) is 0.471. The molecule has 114 valence electrons. The number of nitrogens with two attached hydrogens (primary N) is 1. The molecule has 0 atom stereocenters. The lowest BCUT2D eigenvalue weighted by atomic mass is 9.88. The summed E-state index contributed by atoms with van der Waals surface area (Å²) in [7, 11) is 0. The molecule has 0 fully saturated rings. The van der Waals surface area contributed by atoms with Crippen LogP contribution in [0, 0.1) is 12.3 Å². The molecule has 4 nitrogen and oxygen atoms in total. The highest BCUT2D eigenvalue weighted by Crippen LogP contribution is 2.28. The third-order valence-corrected chi connectivity index (χ3v) is 3.73. The van der Waals surface area contributed by atoms with Gasteiger partial charge in [-0.1, -0.05) is 13.8 Å². The third-order valence-electron chi connectivity index (χ3n) is 3.73. The number of hydrogen-bond acceptors (Lipinski definition) is 4. The first-order valence-corrected chi connectivity index (χ1v) is 7.43. The molecule has 1 heterocycles. The third kappa shape index (κ3) is 4.08. The molecule has 0 aliphatic carbocycles. The van der Waals surface area contributed by atoms with Gasteiger partial charge in [-0.2, -0.15) is 0 Å². The maximum atomic E-state index is 8.98. The Morgan fingerprint density at radius 3 is 2.76 bits per heavy atom. The van der Waals surface area contributed by atoms with E-state index in [4.69, 9.17) is 10.8 Å². The molecule has 0 saturated heterocycles. The fourth-order valence-electron chi connectivity index (χ4n) is 2.50. The number of fused-ring (bicyclic) bond motifs is 1. The van der Waals surface area contributed by atoms with E-state index in [1.54, 1.807) is 0 Å². The van der Waals surface area contributed by atoms with Gasteiger partial charge in [-0.05, 0) is 49.4 Å². The van der Waals surface area contributed by atoms with Gasteiger partial charge in [0.05, 0.1) is 5.52 Å². The SMILES string of the molecule is Cc1cc(NCC(C)(C)CCCO)c2cc(N)ccc2n1. The Balaban J connectivity index is 2.23. The minimum atomic E-state index is 0.132. The second-order valence-electron chi connectivity index (χ2n) is 6.43. The first-order chi connectivity index (χ1) is 9.91. The molecule has 0 spiro atoms. The lowest BCUT2D eigenvalue weighted by Gasteiger charge is -2.25. The Hall–Kier alpha value is -1.81. The predicted octanol–water partition coefficient (Wildman–Crippen LogP) is 3.34. The fourth-order valence-corrected chi connectivity index (χ4v) is 2.50. The zero-order valence-corrected chi connectivity index (χ0v) is 13.1. The number of nitrogens with one attached hydrogen (secondary N) is 1. The molecule has 2 rings (SSSR count). The van der Waals surface area contributed by atoms with E-state index >= 15 is 0 Å². The maximum absolute atomic E-state index is 8.98. The second kappa shape index (κ2) is 6.31. The van der Waals surface area contributed by atoms with Gasteiger partial charge in [-0.25, -0.2) is 0 Å². The summed E-state index contributed by atoms with van der Waals surface area (Å²) in [4.78, 5) is 4.54. The quantitative estimate of drug-likeness (QED) is 0.713. The standard InChI is InChI=1S/C17H25N3O/c1-12-9-16(19-11-17(2,3)7-4-8-21)14-10-13(18)5-6-15(14)20-12/h5-6,9-10,21H,4,7-8,11,18H2,1-3H3,(H,19,20). The number of aliphatic hydroxyl groups is 1. The van der Waals surface area contributed by atoms with Crippen LogP contribution in [0.3, 0.4) is 0 Å². The van der Waals surface area contributed by atoms with Crippen LogP contribution in [-0.4, -0.2) is 23.2 Å². The van der Waals surface area contributed by atoms with Crippen LogP contribution in [0.1, 0.15) is 32.4 Å². The van der Waals surface area contributed by atoms with Gasteiger partial charge in [0.2, 0.25) is 0 Å². The van der Waals surface area contributed by atoms with Gasteiger partial charge in [0.25, 0.3) is 0 Å². The molecule has 0 amide bonds. The molecule has 0 bridgehead atoms. The number of aliphatic hydroxyl groups excluding tert-OH is 1. The normalized spacial score (nSPS) is 11.8. The lowest BCUT2D eigenvalue weighted by Crippen LogP contribution is -2.23. The van der Waals surface area contributed by atoms with E-state index in [2.05, 4.69) is 30.2 Å². The maximum Gasteiger partial charge on any atom is 0.0727 e. The summed E-state index contributed by atoms with van der Waals surface area (Å²) >= 11 is 0. The average Bonchev–Trinajstić information content (AvgIpc) is 2.43. The molecule has 0 unspecified atom stereocenters. The average molecular weight is 287 g/mol. The van der Waals surface area contributed by atoms with Crippen LogP contribution < -0.4 is 11.1 Å². The highest BCUT2D eigenvalue weighted by molar-refractivity contribution is 5.93.